The van der Waals surface area contributed by atoms with E-state index in [2.05, 4.69) is 52.0 Å². The molecule has 0 aliphatic heterocycles. The highest BCUT2D eigenvalue weighted by atomic mass is 32.1. The Balaban J connectivity index is 2.41. The fourth-order valence-electron chi connectivity index (χ4n) is 1.76. The maximum atomic E-state index is 6.10. The van der Waals surface area contributed by atoms with Crippen molar-refractivity contribution >= 4 is 16.3 Å². The molecular weight excluding hydrogens is 240 g/mol. The molecule has 0 atom stereocenters. The summed E-state index contributed by atoms with van der Waals surface area (Å²) in [5.41, 5.74) is 9.52. The number of nitrogen functional groups attached to an aromatic ring is 1. The van der Waals surface area contributed by atoms with Crippen molar-refractivity contribution in [3.8, 4) is 11.3 Å². The number of aromatic nitrogens is 1. The van der Waals surface area contributed by atoms with E-state index >= 15 is 0 Å². The highest BCUT2D eigenvalue weighted by Crippen LogP contribution is 2.36. The molecule has 1 heterocycles. The Labute approximate surface area is 113 Å². The summed E-state index contributed by atoms with van der Waals surface area (Å²) in [6.07, 6.45) is 1.06. The number of benzene rings is 1. The van der Waals surface area contributed by atoms with E-state index in [1.165, 1.54) is 5.56 Å². The third-order valence-electron chi connectivity index (χ3n) is 2.93. The van der Waals surface area contributed by atoms with E-state index in [-0.39, 0.29) is 5.41 Å². The highest BCUT2D eigenvalue weighted by Gasteiger charge is 2.21. The number of anilines is 1. The van der Waals surface area contributed by atoms with Crippen LogP contribution in [0.1, 0.15) is 38.3 Å². The zero-order valence-corrected chi connectivity index (χ0v) is 12.3. The molecule has 0 amide bonds. The van der Waals surface area contributed by atoms with E-state index in [0.29, 0.717) is 0 Å². The first kappa shape index (κ1) is 13.1. The van der Waals surface area contributed by atoms with Crippen LogP contribution in [0.4, 0.5) is 5.00 Å². The topological polar surface area (TPSA) is 38.9 Å². The minimum Gasteiger partial charge on any atom is -0.389 e. The van der Waals surface area contributed by atoms with E-state index in [1.54, 1.807) is 11.3 Å². The largest absolute Gasteiger partial charge is 0.389 e. The van der Waals surface area contributed by atoms with Gasteiger partial charge < -0.3 is 5.73 Å². The zero-order valence-electron chi connectivity index (χ0n) is 11.4. The lowest BCUT2D eigenvalue weighted by molar-refractivity contribution is 0.586. The third kappa shape index (κ3) is 2.56. The molecule has 0 aliphatic rings. The maximum Gasteiger partial charge on any atom is 0.114 e. The molecule has 2 aromatic rings. The Bertz CT molecular complexity index is 533. The molecule has 1 aromatic carbocycles. The minimum atomic E-state index is 0.0559. The predicted octanol–water partition coefficient (Wildman–Crippen LogP) is 4.25. The van der Waals surface area contributed by atoms with Crippen LogP contribution < -0.4 is 5.73 Å². The average Bonchev–Trinajstić information content (AvgIpc) is 2.71. The SMILES string of the molecule is CCc1ccc(-c2nc(C(C)(C)C)sc2N)cc1. The summed E-state index contributed by atoms with van der Waals surface area (Å²) in [5.74, 6) is 0. The van der Waals surface area contributed by atoms with E-state index in [0.717, 1.165) is 27.7 Å². The van der Waals surface area contributed by atoms with Crippen molar-refractivity contribution in [2.45, 2.75) is 39.5 Å². The molecular formula is C15H20N2S. The molecule has 18 heavy (non-hydrogen) atoms. The first-order valence-electron chi connectivity index (χ1n) is 6.28. The fraction of sp³-hybridized carbons (Fsp3) is 0.400. The summed E-state index contributed by atoms with van der Waals surface area (Å²) < 4.78 is 0. The molecule has 0 saturated heterocycles. The van der Waals surface area contributed by atoms with Gasteiger partial charge in [-0.05, 0) is 12.0 Å². The Morgan fingerprint density at radius 3 is 2.22 bits per heavy atom. The van der Waals surface area contributed by atoms with Gasteiger partial charge >= 0.3 is 0 Å². The van der Waals surface area contributed by atoms with Crippen LogP contribution in [0, 0.1) is 0 Å². The van der Waals surface area contributed by atoms with Gasteiger partial charge in [0.15, 0.2) is 0 Å². The lowest BCUT2D eigenvalue weighted by Crippen LogP contribution is -2.10. The summed E-state index contributed by atoms with van der Waals surface area (Å²) in [7, 11) is 0. The molecule has 0 bridgehead atoms. The Hall–Kier alpha value is -1.35. The van der Waals surface area contributed by atoms with Gasteiger partial charge in [0.05, 0.1) is 0 Å². The molecule has 2 rings (SSSR count). The number of rotatable bonds is 2. The first-order chi connectivity index (χ1) is 8.41. The molecule has 0 spiro atoms. The Morgan fingerprint density at radius 2 is 1.78 bits per heavy atom. The standard InChI is InChI=1S/C15H20N2S/c1-5-10-6-8-11(9-7-10)12-13(16)18-14(17-12)15(2,3)4/h6-9H,5,16H2,1-4H3. The van der Waals surface area contributed by atoms with Crippen molar-refractivity contribution in [1.29, 1.82) is 0 Å². The van der Waals surface area contributed by atoms with Crippen LogP contribution in [0.3, 0.4) is 0 Å². The third-order valence-corrected chi connectivity index (χ3v) is 4.24. The molecule has 0 radical (unpaired) electrons. The van der Waals surface area contributed by atoms with Gasteiger partial charge in [-0.3, -0.25) is 0 Å². The number of hydrogen-bond acceptors (Lipinski definition) is 3. The van der Waals surface area contributed by atoms with Gasteiger partial charge in [0.1, 0.15) is 15.7 Å². The molecule has 3 heteroatoms. The number of nitrogens with two attached hydrogens (primary N) is 1. The second-order valence-electron chi connectivity index (χ2n) is 5.53. The summed E-state index contributed by atoms with van der Waals surface area (Å²) in [4.78, 5) is 4.70. The molecule has 0 unspecified atom stereocenters. The molecule has 96 valence electrons. The number of nitrogens with zero attached hydrogens (tertiary/aromatic N) is 1. The zero-order chi connectivity index (χ0) is 13.3. The average molecular weight is 260 g/mol. The van der Waals surface area contributed by atoms with Crippen LogP contribution in [0.15, 0.2) is 24.3 Å². The van der Waals surface area contributed by atoms with Gasteiger partial charge in [-0.15, -0.1) is 11.3 Å². The fourth-order valence-corrected chi connectivity index (χ4v) is 2.67. The van der Waals surface area contributed by atoms with Crippen molar-refractivity contribution in [3.63, 3.8) is 0 Å². The molecule has 2 N–H and O–H groups in total. The van der Waals surface area contributed by atoms with E-state index in [9.17, 15) is 0 Å². The van der Waals surface area contributed by atoms with Crippen molar-refractivity contribution in [1.82, 2.24) is 4.98 Å². The van der Waals surface area contributed by atoms with E-state index in [4.69, 9.17) is 10.7 Å². The molecule has 1 aromatic heterocycles. The van der Waals surface area contributed by atoms with Gasteiger partial charge in [-0.1, -0.05) is 52.0 Å². The lowest BCUT2D eigenvalue weighted by atomic mass is 9.98. The van der Waals surface area contributed by atoms with Gasteiger partial charge in [-0.25, -0.2) is 4.98 Å². The monoisotopic (exact) mass is 260 g/mol. The maximum absolute atomic E-state index is 6.10. The first-order valence-corrected chi connectivity index (χ1v) is 7.09. The Kier molecular flexibility index (Phi) is 3.44. The smallest absolute Gasteiger partial charge is 0.114 e. The van der Waals surface area contributed by atoms with Crippen LogP contribution in [-0.2, 0) is 11.8 Å². The number of thiazole rings is 1. The van der Waals surface area contributed by atoms with Crippen LogP contribution in [-0.4, -0.2) is 4.98 Å². The lowest BCUT2D eigenvalue weighted by Gasteiger charge is -2.13. The normalized spacial score (nSPS) is 11.8. The number of hydrogen-bond donors (Lipinski definition) is 1. The van der Waals surface area contributed by atoms with Crippen molar-refractivity contribution in [3.05, 3.63) is 34.8 Å². The highest BCUT2D eigenvalue weighted by molar-refractivity contribution is 7.16. The summed E-state index contributed by atoms with van der Waals surface area (Å²) in [6.45, 7) is 8.64. The molecule has 0 saturated carbocycles. The molecule has 0 fully saturated rings. The van der Waals surface area contributed by atoms with Gasteiger partial charge in [0, 0.05) is 11.0 Å². The number of aryl methyl sites for hydroxylation is 1. The predicted molar refractivity (Wildman–Crippen MR) is 80.0 cm³/mol. The summed E-state index contributed by atoms with van der Waals surface area (Å²) in [6, 6.07) is 8.50. The summed E-state index contributed by atoms with van der Waals surface area (Å²) >= 11 is 1.59. The van der Waals surface area contributed by atoms with Crippen molar-refractivity contribution in [2.75, 3.05) is 5.73 Å². The van der Waals surface area contributed by atoms with Crippen LogP contribution in [0.5, 0.6) is 0 Å². The van der Waals surface area contributed by atoms with E-state index < -0.39 is 0 Å². The van der Waals surface area contributed by atoms with Crippen LogP contribution in [0.2, 0.25) is 0 Å². The van der Waals surface area contributed by atoms with Gasteiger partial charge in [0.25, 0.3) is 0 Å². The van der Waals surface area contributed by atoms with Crippen LogP contribution in [0.25, 0.3) is 11.3 Å². The quantitative estimate of drug-likeness (QED) is 0.876. The molecule has 0 aliphatic carbocycles. The summed E-state index contributed by atoms with van der Waals surface area (Å²) in [5, 5.41) is 1.90. The second kappa shape index (κ2) is 4.73. The van der Waals surface area contributed by atoms with Crippen LogP contribution >= 0.6 is 11.3 Å². The van der Waals surface area contributed by atoms with Gasteiger partial charge in [-0.2, -0.15) is 0 Å². The van der Waals surface area contributed by atoms with Crippen molar-refractivity contribution < 1.29 is 0 Å². The molecule has 2 nitrogen and oxygen atoms in total. The minimum absolute atomic E-state index is 0.0559. The van der Waals surface area contributed by atoms with E-state index in [1.807, 2.05) is 0 Å². The van der Waals surface area contributed by atoms with Crippen molar-refractivity contribution in [2.24, 2.45) is 0 Å². The Morgan fingerprint density at radius 1 is 1.17 bits per heavy atom. The second-order valence-corrected chi connectivity index (χ2v) is 6.56. The van der Waals surface area contributed by atoms with Gasteiger partial charge in [0.2, 0.25) is 0 Å².